The summed E-state index contributed by atoms with van der Waals surface area (Å²) in [6, 6.07) is 0. The first kappa shape index (κ1) is 58.4. The van der Waals surface area contributed by atoms with Crippen LogP contribution in [0.25, 0.3) is 0 Å². The predicted molar refractivity (Wildman–Crippen MR) is 268 cm³/mol. The summed E-state index contributed by atoms with van der Waals surface area (Å²) in [4.78, 5) is 0. The normalized spacial score (nSPS) is 36.5. The van der Waals surface area contributed by atoms with Crippen LogP contribution in [0.2, 0.25) is 0 Å². The minimum Gasteiger partial charge on any atom is -0.377 e. The van der Waals surface area contributed by atoms with Crippen LogP contribution in [0.5, 0.6) is 0 Å². The van der Waals surface area contributed by atoms with Gasteiger partial charge >= 0.3 is 0 Å². The smallest absolute Gasteiger partial charge is 0.0840 e. The predicted octanol–water partition coefficient (Wildman–Crippen LogP) is 10.5. The zero-order valence-electron chi connectivity index (χ0n) is 45.6. The van der Waals surface area contributed by atoms with Crippen molar-refractivity contribution in [2.24, 2.45) is 45.3 Å². The van der Waals surface area contributed by atoms with Crippen LogP contribution in [-0.2, 0) is 56.8 Å². The fourth-order valence-electron chi connectivity index (χ4n) is 11.5. The SMILES string of the molecule is CC(C)(C)C1CCC2OCCOCCOC3CC(C(C)(C)C)CCC3OCCOCCOC2C1.CC(C)(C)C1CCC2OCCOCCOC3CCC(C(C)(C)C)CC3OCCOCCOC2C1. The molecule has 6 rings (SSSR count). The van der Waals surface area contributed by atoms with Crippen molar-refractivity contribution >= 4 is 0 Å². The monoisotopic (exact) mass is 969 g/mol. The van der Waals surface area contributed by atoms with Gasteiger partial charge in [0.15, 0.2) is 0 Å². The van der Waals surface area contributed by atoms with Crippen LogP contribution in [-0.4, -0.2) is 155 Å². The van der Waals surface area contributed by atoms with Gasteiger partial charge in [0.05, 0.1) is 155 Å². The Morgan fingerprint density at radius 2 is 0.368 bits per heavy atom. The van der Waals surface area contributed by atoms with Crippen LogP contribution < -0.4 is 0 Å². The van der Waals surface area contributed by atoms with Crippen LogP contribution in [0.4, 0.5) is 0 Å². The molecule has 4 saturated carbocycles. The highest BCUT2D eigenvalue weighted by Gasteiger charge is 2.41. The quantitative estimate of drug-likeness (QED) is 0.230. The lowest BCUT2D eigenvalue weighted by Crippen LogP contribution is -2.43. The summed E-state index contributed by atoms with van der Waals surface area (Å²) in [6.45, 7) is 37.5. The molecule has 0 amide bonds. The lowest BCUT2D eigenvalue weighted by Gasteiger charge is -2.41. The van der Waals surface area contributed by atoms with Crippen molar-refractivity contribution in [1.82, 2.24) is 0 Å². The van der Waals surface area contributed by atoms with E-state index in [4.69, 9.17) is 56.8 Å². The molecule has 2 aliphatic heterocycles. The van der Waals surface area contributed by atoms with E-state index in [2.05, 4.69) is 83.1 Å². The third-order valence-corrected chi connectivity index (χ3v) is 16.3. The molecule has 0 aromatic heterocycles. The average molecular weight is 969 g/mol. The van der Waals surface area contributed by atoms with Crippen molar-refractivity contribution < 1.29 is 56.8 Å². The Morgan fingerprint density at radius 3 is 0.529 bits per heavy atom. The van der Waals surface area contributed by atoms with E-state index in [0.717, 1.165) is 51.4 Å². The zero-order valence-corrected chi connectivity index (χ0v) is 45.6. The Bertz CT molecular complexity index is 1240. The highest BCUT2D eigenvalue weighted by molar-refractivity contribution is 4.91. The molecule has 0 spiro atoms. The van der Waals surface area contributed by atoms with E-state index in [0.29, 0.717) is 151 Å². The standard InChI is InChI=1S/2C28H52O6/c1-27(2,3)21-7-9-23-25(19-21)33-17-13-29-12-16-32-24-10-8-22(28(4,5)6)20-26(24)34-18-14-30-11-15-31-23;1-27(2,3)21-7-9-23-25(19-21)33-17-13-30-14-18-34-26-20-22(28(4,5)6)8-10-24(26)32-16-12-29-11-15-31-23/h2*21-26H,7-20H2,1-6H3. The van der Waals surface area contributed by atoms with Crippen molar-refractivity contribution in [1.29, 1.82) is 0 Å². The van der Waals surface area contributed by atoms with Crippen molar-refractivity contribution in [2.45, 2.75) is 209 Å². The molecule has 2 saturated heterocycles. The lowest BCUT2D eigenvalue weighted by molar-refractivity contribution is -0.142. The Kier molecular flexibility index (Phi) is 24.8. The van der Waals surface area contributed by atoms with E-state index in [9.17, 15) is 0 Å². The average Bonchev–Trinajstić information content (AvgIpc) is 3.27. The van der Waals surface area contributed by atoms with E-state index in [-0.39, 0.29) is 48.8 Å². The van der Waals surface area contributed by atoms with Crippen LogP contribution >= 0.6 is 0 Å². The maximum Gasteiger partial charge on any atom is 0.0840 e. The summed E-state index contributed by atoms with van der Waals surface area (Å²) in [7, 11) is 0. The maximum absolute atomic E-state index is 6.30. The van der Waals surface area contributed by atoms with Crippen molar-refractivity contribution in [3.05, 3.63) is 0 Å². The Labute approximate surface area is 415 Å². The summed E-state index contributed by atoms with van der Waals surface area (Å²) in [5, 5.41) is 0. The largest absolute Gasteiger partial charge is 0.377 e. The molecular formula is C56H104O12. The molecule has 4 aliphatic carbocycles. The third-order valence-electron chi connectivity index (χ3n) is 16.3. The van der Waals surface area contributed by atoms with Gasteiger partial charge in [-0.3, -0.25) is 0 Å². The van der Waals surface area contributed by atoms with E-state index in [1.807, 2.05) is 0 Å². The summed E-state index contributed by atoms with van der Waals surface area (Å²) >= 11 is 0. The fraction of sp³-hybridized carbons (Fsp3) is 1.00. The van der Waals surface area contributed by atoms with E-state index in [1.54, 1.807) is 0 Å². The fourth-order valence-corrected chi connectivity index (χ4v) is 11.5. The van der Waals surface area contributed by atoms with Crippen molar-refractivity contribution in [2.75, 3.05) is 106 Å². The van der Waals surface area contributed by atoms with Crippen molar-refractivity contribution in [3.63, 3.8) is 0 Å². The molecule has 6 fully saturated rings. The number of hydrogen-bond donors (Lipinski definition) is 0. The van der Waals surface area contributed by atoms with Crippen LogP contribution in [0.1, 0.15) is 160 Å². The second kappa shape index (κ2) is 28.8. The Hall–Kier alpha value is -0.480. The van der Waals surface area contributed by atoms with E-state index < -0.39 is 0 Å². The first-order valence-electron chi connectivity index (χ1n) is 27.5. The van der Waals surface area contributed by atoms with Crippen LogP contribution in [0.3, 0.4) is 0 Å². The molecular weight excluding hydrogens is 865 g/mol. The molecule has 68 heavy (non-hydrogen) atoms. The summed E-state index contributed by atoms with van der Waals surface area (Å²) in [5.41, 5.74) is 1.17. The third kappa shape index (κ3) is 20.4. The number of fused-ring (bicyclic) bond motifs is 4. The maximum atomic E-state index is 6.30. The van der Waals surface area contributed by atoms with Gasteiger partial charge in [-0.2, -0.15) is 0 Å². The number of rotatable bonds is 0. The molecule has 12 unspecified atom stereocenters. The molecule has 0 bridgehead atoms. The molecule has 0 aromatic rings. The summed E-state index contributed by atoms with van der Waals surface area (Å²) < 4.78 is 73.6. The number of ether oxygens (including phenoxy) is 12. The van der Waals surface area contributed by atoms with Gasteiger partial charge in [0, 0.05) is 0 Å². The Morgan fingerprint density at radius 1 is 0.206 bits per heavy atom. The summed E-state index contributed by atoms with van der Waals surface area (Å²) in [6.07, 6.45) is 14.2. The molecule has 12 heteroatoms. The molecule has 0 N–H and O–H groups in total. The second-order valence-corrected chi connectivity index (χ2v) is 25.2. The van der Waals surface area contributed by atoms with Gasteiger partial charge in [0.25, 0.3) is 0 Å². The zero-order chi connectivity index (χ0) is 49.2. The van der Waals surface area contributed by atoms with Gasteiger partial charge < -0.3 is 56.8 Å². The first-order valence-corrected chi connectivity index (χ1v) is 27.5. The second-order valence-electron chi connectivity index (χ2n) is 25.2. The lowest BCUT2D eigenvalue weighted by atomic mass is 9.71. The van der Waals surface area contributed by atoms with Gasteiger partial charge in [-0.25, -0.2) is 0 Å². The molecule has 6 aliphatic rings. The molecule has 12 atom stereocenters. The molecule has 2 heterocycles. The highest BCUT2D eigenvalue weighted by atomic mass is 16.6. The minimum atomic E-state index is 0.123. The minimum absolute atomic E-state index is 0.123. The molecule has 0 aromatic carbocycles. The van der Waals surface area contributed by atoms with Crippen molar-refractivity contribution in [3.8, 4) is 0 Å². The molecule has 400 valence electrons. The molecule has 0 radical (unpaired) electrons. The van der Waals surface area contributed by atoms with Gasteiger partial charge in [-0.05, 0) is 122 Å². The number of hydrogen-bond acceptors (Lipinski definition) is 12. The Balaban J connectivity index is 0.000000254. The van der Waals surface area contributed by atoms with Crippen LogP contribution in [0, 0.1) is 45.3 Å². The van der Waals surface area contributed by atoms with Gasteiger partial charge in [0.2, 0.25) is 0 Å². The van der Waals surface area contributed by atoms with E-state index >= 15 is 0 Å². The van der Waals surface area contributed by atoms with Gasteiger partial charge in [-0.15, -0.1) is 0 Å². The summed E-state index contributed by atoms with van der Waals surface area (Å²) in [5.74, 6) is 2.61. The van der Waals surface area contributed by atoms with Gasteiger partial charge in [0.1, 0.15) is 0 Å². The molecule has 12 nitrogen and oxygen atoms in total. The highest BCUT2D eigenvalue weighted by Crippen LogP contribution is 2.43. The van der Waals surface area contributed by atoms with E-state index in [1.165, 1.54) is 25.7 Å². The van der Waals surface area contributed by atoms with Gasteiger partial charge in [-0.1, -0.05) is 83.1 Å². The van der Waals surface area contributed by atoms with Crippen LogP contribution in [0.15, 0.2) is 0 Å². The topological polar surface area (TPSA) is 111 Å². The first-order chi connectivity index (χ1) is 32.3.